The van der Waals surface area contributed by atoms with Crippen molar-refractivity contribution in [3.63, 3.8) is 0 Å². The van der Waals surface area contributed by atoms with Crippen LogP contribution in [-0.4, -0.2) is 7.25 Å². The maximum absolute atomic E-state index is 9.75. The molecule has 0 rings (SSSR count). The van der Waals surface area contributed by atoms with Crippen molar-refractivity contribution in [2.45, 2.75) is 0 Å². The molecule has 0 aromatic heterocycles. The van der Waals surface area contributed by atoms with Crippen molar-refractivity contribution < 1.29 is 36.7 Å². The number of halogens is 4. The molecular formula is BF4Zn+. The van der Waals surface area contributed by atoms with Gasteiger partial charge >= 0.3 is 26.7 Å². The van der Waals surface area contributed by atoms with Crippen LogP contribution in [0.25, 0.3) is 0 Å². The van der Waals surface area contributed by atoms with Crippen molar-refractivity contribution in [1.82, 2.24) is 0 Å². The molecule has 0 aliphatic rings. The van der Waals surface area contributed by atoms with Crippen LogP contribution in [0.1, 0.15) is 0 Å². The average Bonchev–Trinajstić information content (AvgIpc) is 0.722. The van der Waals surface area contributed by atoms with Gasteiger partial charge < -0.3 is 17.3 Å². The van der Waals surface area contributed by atoms with Crippen LogP contribution in [0.4, 0.5) is 17.3 Å². The van der Waals surface area contributed by atoms with Gasteiger partial charge in [-0.25, -0.2) is 0 Å². The Kier molecular flexibility index (Phi) is 4.11. The Bertz CT molecular complexity index is 23.0. The van der Waals surface area contributed by atoms with E-state index in [2.05, 4.69) is 0 Å². The van der Waals surface area contributed by atoms with Crippen LogP contribution in [-0.2, 0) is 19.5 Å². The molecular weight excluding hydrogens is 152 g/mol. The van der Waals surface area contributed by atoms with Crippen molar-refractivity contribution in [1.29, 1.82) is 0 Å². The molecule has 0 aliphatic heterocycles. The summed E-state index contributed by atoms with van der Waals surface area (Å²) in [7, 11) is -6.00. The molecule has 0 nitrogen and oxygen atoms in total. The zero-order valence-corrected chi connectivity index (χ0v) is 5.76. The van der Waals surface area contributed by atoms with Gasteiger partial charge in [0, 0.05) is 0 Å². The van der Waals surface area contributed by atoms with Crippen molar-refractivity contribution in [3.05, 3.63) is 0 Å². The first-order chi connectivity index (χ1) is 2.00. The van der Waals surface area contributed by atoms with Crippen LogP contribution < -0.4 is 0 Å². The van der Waals surface area contributed by atoms with Gasteiger partial charge in [0.1, 0.15) is 0 Å². The molecule has 0 N–H and O–H groups in total. The Morgan fingerprint density at radius 3 is 0.833 bits per heavy atom. The summed E-state index contributed by atoms with van der Waals surface area (Å²) in [6.45, 7) is 0. The first kappa shape index (κ1) is 9.65. The molecule has 0 aliphatic carbocycles. The second kappa shape index (κ2) is 2.56. The molecule has 0 bridgehead atoms. The van der Waals surface area contributed by atoms with Crippen LogP contribution in [0.5, 0.6) is 0 Å². The number of rotatable bonds is 0. The summed E-state index contributed by atoms with van der Waals surface area (Å²) in [5, 5.41) is 0. The molecule has 0 unspecified atom stereocenters. The maximum atomic E-state index is 9.75. The smallest absolute Gasteiger partial charge is 0.418 e. The summed E-state index contributed by atoms with van der Waals surface area (Å²) < 4.78 is 39.0. The van der Waals surface area contributed by atoms with E-state index in [1.165, 1.54) is 0 Å². The van der Waals surface area contributed by atoms with E-state index >= 15 is 0 Å². The molecule has 0 atom stereocenters. The van der Waals surface area contributed by atoms with E-state index in [4.69, 9.17) is 0 Å². The van der Waals surface area contributed by atoms with Gasteiger partial charge in [-0.05, 0) is 0 Å². The first-order valence-corrected chi connectivity index (χ1v) is 0.873. The second-order valence-electron chi connectivity index (χ2n) is 0.495. The summed E-state index contributed by atoms with van der Waals surface area (Å²) in [6, 6.07) is 0. The molecule has 0 saturated heterocycles. The minimum atomic E-state index is -6.00. The molecule has 0 aromatic rings. The molecule has 32 valence electrons. The van der Waals surface area contributed by atoms with Crippen molar-refractivity contribution in [2.24, 2.45) is 0 Å². The summed E-state index contributed by atoms with van der Waals surface area (Å²) in [5.74, 6) is 0. The Balaban J connectivity index is 0. The van der Waals surface area contributed by atoms with Gasteiger partial charge in [-0.1, -0.05) is 0 Å². The largest absolute Gasteiger partial charge is 2.00 e. The minimum Gasteiger partial charge on any atom is -0.418 e. The van der Waals surface area contributed by atoms with Gasteiger partial charge in [-0.3, -0.25) is 0 Å². The van der Waals surface area contributed by atoms with E-state index in [-0.39, 0.29) is 19.5 Å². The maximum Gasteiger partial charge on any atom is 2.00 e. The molecule has 6 heavy (non-hydrogen) atoms. The molecule has 0 saturated carbocycles. The summed E-state index contributed by atoms with van der Waals surface area (Å²) in [6.07, 6.45) is 0. The molecule has 0 fully saturated rings. The average molecular weight is 152 g/mol. The summed E-state index contributed by atoms with van der Waals surface area (Å²) >= 11 is 0. The zero-order valence-electron chi connectivity index (χ0n) is 2.80. The normalized spacial score (nSPS) is 10.0. The van der Waals surface area contributed by atoms with Gasteiger partial charge in [0.05, 0.1) is 0 Å². The van der Waals surface area contributed by atoms with E-state index in [1.807, 2.05) is 0 Å². The van der Waals surface area contributed by atoms with Crippen molar-refractivity contribution in [3.8, 4) is 0 Å². The zero-order chi connectivity index (χ0) is 4.50. The van der Waals surface area contributed by atoms with E-state index in [0.29, 0.717) is 0 Å². The van der Waals surface area contributed by atoms with Crippen LogP contribution in [0, 0.1) is 0 Å². The Morgan fingerprint density at radius 2 is 0.833 bits per heavy atom. The van der Waals surface area contributed by atoms with Gasteiger partial charge in [-0.15, -0.1) is 0 Å². The molecule has 0 amide bonds. The van der Waals surface area contributed by atoms with Crippen molar-refractivity contribution in [2.75, 3.05) is 0 Å². The molecule has 0 spiro atoms. The monoisotopic (exact) mass is 151 g/mol. The van der Waals surface area contributed by atoms with E-state index in [9.17, 15) is 17.3 Å². The Hall–Kier alpha value is 0.408. The quantitative estimate of drug-likeness (QED) is 0.362. The van der Waals surface area contributed by atoms with E-state index in [0.717, 1.165) is 0 Å². The van der Waals surface area contributed by atoms with Crippen molar-refractivity contribution >= 4 is 7.25 Å². The number of hydrogen-bond donors (Lipinski definition) is 0. The second-order valence-corrected chi connectivity index (χ2v) is 0.495. The van der Waals surface area contributed by atoms with Gasteiger partial charge in [-0.2, -0.15) is 0 Å². The van der Waals surface area contributed by atoms with Gasteiger partial charge in [0.15, 0.2) is 0 Å². The van der Waals surface area contributed by atoms with E-state index in [1.54, 1.807) is 0 Å². The number of hydrogen-bond acceptors (Lipinski definition) is 0. The fraction of sp³-hybridized carbons (Fsp3) is 0. The fourth-order valence-electron chi connectivity index (χ4n) is 0. The van der Waals surface area contributed by atoms with Crippen LogP contribution in [0.2, 0.25) is 0 Å². The molecule has 0 heterocycles. The summed E-state index contributed by atoms with van der Waals surface area (Å²) in [4.78, 5) is 0. The first-order valence-electron chi connectivity index (χ1n) is 0.873. The Morgan fingerprint density at radius 1 is 0.833 bits per heavy atom. The summed E-state index contributed by atoms with van der Waals surface area (Å²) in [5.41, 5.74) is 0. The van der Waals surface area contributed by atoms with Crippen LogP contribution >= 0.6 is 0 Å². The van der Waals surface area contributed by atoms with E-state index < -0.39 is 7.25 Å². The predicted molar refractivity (Wildman–Crippen MR) is 10.2 cm³/mol. The predicted octanol–water partition coefficient (Wildman–Crippen LogP) is 1.30. The Labute approximate surface area is 44.8 Å². The SMILES string of the molecule is F[B-](F)(F)F.[Zn+2]. The van der Waals surface area contributed by atoms with Crippen LogP contribution in [0.15, 0.2) is 0 Å². The van der Waals surface area contributed by atoms with Gasteiger partial charge in [0.25, 0.3) is 0 Å². The minimum absolute atomic E-state index is 0. The molecule has 6 heteroatoms. The fourth-order valence-corrected chi connectivity index (χ4v) is 0. The third kappa shape index (κ3) is 307. The third-order valence-corrected chi connectivity index (χ3v) is 0. The molecule has 0 aromatic carbocycles. The van der Waals surface area contributed by atoms with Crippen LogP contribution in [0.3, 0.4) is 0 Å². The van der Waals surface area contributed by atoms with Gasteiger partial charge in [0.2, 0.25) is 0 Å². The topological polar surface area (TPSA) is 0 Å². The molecule has 0 radical (unpaired) electrons. The third-order valence-electron chi connectivity index (χ3n) is 0. The standard InChI is InChI=1S/BF4.Zn/c2-1(3,4)5;/q-1;+2.